The van der Waals surface area contributed by atoms with Crippen molar-refractivity contribution in [3.05, 3.63) is 54.4 Å². The largest absolute Gasteiger partial charge is 0.384 e. The van der Waals surface area contributed by atoms with Crippen LogP contribution in [0.5, 0.6) is 0 Å². The van der Waals surface area contributed by atoms with Crippen molar-refractivity contribution in [1.82, 2.24) is 4.98 Å². The van der Waals surface area contributed by atoms with E-state index in [0.29, 0.717) is 0 Å². The van der Waals surface area contributed by atoms with Crippen molar-refractivity contribution in [3.8, 4) is 0 Å². The van der Waals surface area contributed by atoms with Gasteiger partial charge < -0.3 is 10.6 Å². The third-order valence-electron chi connectivity index (χ3n) is 2.62. The maximum absolute atomic E-state index is 7.33. The first-order valence-electron chi connectivity index (χ1n) is 5.26. The number of hydrogen-bond acceptors (Lipinski definition) is 3. The standard InChI is InChI=1S/C13H14N4/c1-17(12-6-8-16-9-7-12)11-4-2-10(3-5-11)13(14)15/h2-9H,1H3,(H3,14,15). The minimum atomic E-state index is 0.0862. The van der Waals surface area contributed by atoms with Crippen LogP contribution in [0.25, 0.3) is 0 Å². The second-order valence-corrected chi connectivity index (χ2v) is 3.72. The number of benzene rings is 1. The number of anilines is 2. The van der Waals surface area contributed by atoms with E-state index in [-0.39, 0.29) is 5.84 Å². The van der Waals surface area contributed by atoms with Gasteiger partial charge in [-0.3, -0.25) is 10.4 Å². The normalized spacial score (nSPS) is 9.94. The van der Waals surface area contributed by atoms with Crippen molar-refractivity contribution >= 4 is 17.2 Å². The van der Waals surface area contributed by atoms with Crippen molar-refractivity contribution in [2.75, 3.05) is 11.9 Å². The van der Waals surface area contributed by atoms with Crippen LogP contribution in [0.1, 0.15) is 5.56 Å². The lowest BCUT2D eigenvalue weighted by atomic mass is 10.2. The average Bonchev–Trinajstić information content (AvgIpc) is 2.39. The predicted octanol–water partition coefficient (Wildman–Crippen LogP) is 2.13. The lowest BCUT2D eigenvalue weighted by Crippen LogP contribution is -2.12. The Morgan fingerprint density at radius 3 is 2.12 bits per heavy atom. The molecule has 0 fully saturated rings. The minimum absolute atomic E-state index is 0.0862. The summed E-state index contributed by atoms with van der Waals surface area (Å²) < 4.78 is 0. The third-order valence-corrected chi connectivity index (χ3v) is 2.62. The van der Waals surface area contributed by atoms with E-state index in [0.717, 1.165) is 16.9 Å². The highest BCUT2D eigenvalue weighted by atomic mass is 15.1. The topological polar surface area (TPSA) is 66.0 Å². The number of nitrogen functional groups attached to an aromatic ring is 1. The van der Waals surface area contributed by atoms with Gasteiger partial charge in [-0.15, -0.1) is 0 Å². The molecule has 0 unspecified atom stereocenters. The van der Waals surface area contributed by atoms with E-state index in [1.165, 1.54) is 0 Å². The lowest BCUT2D eigenvalue weighted by Gasteiger charge is -2.19. The first-order chi connectivity index (χ1) is 8.18. The molecule has 2 aromatic rings. The number of amidine groups is 1. The summed E-state index contributed by atoms with van der Waals surface area (Å²) in [5.41, 5.74) is 8.25. The monoisotopic (exact) mass is 226 g/mol. The number of rotatable bonds is 3. The SMILES string of the molecule is CN(c1ccncc1)c1ccc(C(=N)N)cc1. The molecule has 1 heterocycles. The Balaban J connectivity index is 2.26. The molecule has 3 N–H and O–H groups in total. The molecule has 0 atom stereocenters. The summed E-state index contributed by atoms with van der Waals surface area (Å²) in [7, 11) is 1.98. The first kappa shape index (κ1) is 11.1. The molecular formula is C13H14N4. The minimum Gasteiger partial charge on any atom is -0.384 e. The molecule has 0 aliphatic carbocycles. The van der Waals surface area contributed by atoms with Gasteiger partial charge in [0.15, 0.2) is 0 Å². The van der Waals surface area contributed by atoms with Crippen LogP contribution in [0.2, 0.25) is 0 Å². The van der Waals surface area contributed by atoms with Gasteiger partial charge in [0.05, 0.1) is 0 Å². The number of nitrogens with one attached hydrogen (secondary N) is 1. The van der Waals surface area contributed by atoms with Crippen LogP contribution in [-0.2, 0) is 0 Å². The van der Waals surface area contributed by atoms with Gasteiger partial charge >= 0.3 is 0 Å². The van der Waals surface area contributed by atoms with Crippen LogP contribution >= 0.6 is 0 Å². The van der Waals surface area contributed by atoms with Gasteiger partial charge in [0, 0.05) is 36.4 Å². The van der Waals surface area contributed by atoms with Gasteiger partial charge in [-0.25, -0.2) is 0 Å². The zero-order valence-corrected chi connectivity index (χ0v) is 9.59. The molecule has 0 saturated carbocycles. The van der Waals surface area contributed by atoms with Crippen LogP contribution in [0, 0.1) is 5.41 Å². The average molecular weight is 226 g/mol. The summed E-state index contributed by atoms with van der Waals surface area (Å²) in [6, 6.07) is 11.5. The molecule has 0 saturated heterocycles. The van der Waals surface area contributed by atoms with Gasteiger partial charge in [0.2, 0.25) is 0 Å². The van der Waals surface area contributed by atoms with Crippen LogP contribution in [0.4, 0.5) is 11.4 Å². The molecule has 86 valence electrons. The Kier molecular flexibility index (Phi) is 3.05. The van der Waals surface area contributed by atoms with E-state index < -0.39 is 0 Å². The summed E-state index contributed by atoms with van der Waals surface area (Å²) in [4.78, 5) is 6.03. The van der Waals surface area contributed by atoms with Crippen molar-refractivity contribution in [3.63, 3.8) is 0 Å². The first-order valence-corrected chi connectivity index (χ1v) is 5.26. The van der Waals surface area contributed by atoms with Crippen molar-refractivity contribution in [1.29, 1.82) is 5.41 Å². The smallest absolute Gasteiger partial charge is 0.122 e. The van der Waals surface area contributed by atoms with E-state index in [9.17, 15) is 0 Å². The molecule has 0 amide bonds. The Morgan fingerprint density at radius 2 is 1.59 bits per heavy atom. The zero-order chi connectivity index (χ0) is 12.3. The molecule has 0 bridgehead atoms. The molecule has 0 aliphatic rings. The van der Waals surface area contributed by atoms with Crippen LogP contribution in [-0.4, -0.2) is 17.9 Å². The molecule has 0 aliphatic heterocycles. The van der Waals surface area contributed by atoms with Gasteiger partial charge in [-0.1, -0.05) is 0 Å². The second-order valence-electron chi connectivity index (χ2n) is 3.72. The van der Waals surface area contributed by atoms with E-state index in [4.69, 9.17) is 11.1 Å². The van der Waals surface area contributed by atoms with Crippen LogP contribution in [0.3, 0.4) is 0 Å². The summed E-state index contributed by atoms with van der Waals surface area (Å²) in [5, 5.41) is 7.33. The van der Waals surface area contributed by atoms with E-state index >= 15 is 0 Å². The van der Waals surface area contributed by atoms with Crippen LogP contribution in [0.15, 0.2) is 48.8 Å². The Bertz CT molecular complexity index is 505. The quantitative estimate of drug-likeness (QED) is 0.622. The van der Waals surface area contributed by atoms with Crippen molar-refractivity contribution in [2.45, 2.75) is 0 Å². The molecule has 17 heavy (non-hydrogen) atoms. The fraction of sp³-hybridized carbons (Fsp3) is 0.0769. The molecule has 2 rings (SSSR count). The summed E-state index contributed by atoms with van der Waals surface area (Å²) >= 11 is 0. The van der Waals surface area contributed by atoms with E-state index in [1.54, 1.807) is 12.4 Å². The third kappa shape index (κ3) is 2.42. The van der Waals surface area contributed by atoms with Gasteiger partial charge in [0.1, 0.15) is 5.84 Å². The fourth-order valence-corrected chi connectivity index (χ4v) is 1.58. The maximum Gasteiger partial charge on any atom is 0.122 e. The molecule has 4 heteroatoms. The fourth-order valence-electron chi connectivity index (χ4n) is 1.58. The second kappa shape index (κ2) is 4.65. The highest BCUT2D eigenvalue weighted by Crippen LogP contribution is 2.22. The Hall–Kier alpha value is -2.36. The van der Waals surface area contributed by atoms with E-state index in [2.05, 4.69) is 4.98 Å². The number of aromatic nitrogens is 1. The lowest BCUT2D eigenvalue weighted by molar-refractivity contribution is 1.19. The van der Waals surface area contributed by atoms with Crippen molar-refractivity contribution < 1.29 is 0 Å². The molecule has 1 aromatic carbocycles. The Morgan fingerprint density at radius 1 is 1.06 bits per heavy atom. The highest BCUT2D eigenvalue weighted by Gasteiger charge is 2.03. The summed E-state index contributed by atoms with van der Waals surface area (Å²) in [6.45, 7) is 0. The molecule has 0 spiro atoms. The molecule has 1 aromatic heterocycles. The number of hydrogen-bond donors (Lipinski definition) is 2. The van der Waals surface area contributed by atoms with Gasteiger partial charge in [-0.05, 0) is 36.4 Å². The van der Waals surface area contributed by atoms with Gasteiger partial charge in [0.25, 0.3) is 0 Å². The molecule has 0 radical (unpaired) electrons. The van der Waals surface area contributed by atoms with Crippen molar-refractivity contribution in [2.24, 2.45) is 5.73 Å². The molecular weight excluding hydrogens is 212 g/mol. The maximum atomic E-state index is 7.33. The number of pyridine rings is 1. The predicted molar refractivity (Wildman–Crippen MR) is 69.8 cm³/mol. The van der Waals surface area contributed by atoms with E-state index in [1.807, 2.05) is 48.3 Å². The summed E-state index contributed by atoms with van der Waals surface area (Å²) in [5.74, 6) is 0.0862. The highest BCUT2D eigenvalue weighted by molar-refractivity contribution is 5.95. The number of nitrogens with zero attached hydrogens (tertiary/aromatic N) is 2. The Labute approximate surface area is 100 Å². The summed E-state index contributed by atoms with van der Waals surface area (Å²) in [6.07, 6.45) is 3.52. The van der Waals surface area contributed by atoms with Crippen LogP contribution < -0.4 is 10.6 Å². The number of nitrogens with two attached hydrogens (primary N) is 1. The van der Waals surface area contributed by atoms with Gasteiger partial charge in [-0.2, -0.15) is 0 Å². The zero-order valence-electron chi connectivity index (χ0n) is 9.59. The molecule has 4 nitrogen and oxygen atoms in total.